The van der Waals surface area contributed by atoms with Crippen molar-refractivity contribution in [2.45, 2.75) is 43.3 Å². The molecule has 0 aromatic carbocycles. The Hall–Kier alpha value is -1.68. The molecule has 9 heteroatoms. The van der Waals surface area contributed by atoms with Gasteiger partial charge >= 0.3 is 5.97 Å². The minimum atomic E-state index is -1.11. The quantitative estimate of drug-likeness (QED) is 0.639. The van der Waals surface area contributed by atoms with E-state index in [1.165, 1.54) is 28.0 Å². The van der Waals surface area contributed by atoms with Crippen molar-refractivity contribution >= 4 is 40.5 Å². The number of aromatic nitrogens is 1. The first-order valence-electron chi connectivity index (χ1n) is 8.87. The molecule has 3 aliphatic heterocycles. The Morgan fingerprint density at radius 3 is 2.81 bits per heavy atom. The molecule has 3 N–H and O–H groups in total. The second-order valence-electron chi connectivity index (χ2n) is 7.16. The number of fused-ring (bicyclic) bond motifs is 1. The monoisotopic (exact) mass is 407 g/mol. The third-order valence-corrected chi connectivity index (χ3v) is 7.72. The van der Waals surface area contributed by atoms with Gasteiger partial charge in [0.25, 0.3) is 0 Å². The maximum absolute atomic E-state index is 12.4. The molecular formula is C18H21N3O4S2. The van der Waals surface area contributed by atoms with Crippen LogP contribution in [0.15, 0.2) is 26.4 Å². The van der Waals surface area contributed by atoms with Crippen LogP contribution in [0.1, 0.15) is 26.5 Å². The van der Waals surface area contributed by atoms with Gasteiger partial charge in [-0.2, -0.15) is 0 Å². The topological polar surface area (TPSA) is 103 Å². The summed E-state index contributed by atoms with van der Waals surface area (Å²) >= 11 is 2.80. The molecular weight excluding hydrogens is 386 g/mol. The highest BCUT2D eigenvalue weighted by Crippen LogP contribution is 2.52. The second-order valence-corrected chi connectivity index (χ2v) is 9.31. The largest absolute Gasteiger partial charge is 0.477 e. The number of thiazole rings is 1. The lowest BCUT2D eigenvalue weighted by Gasteiger charge is -2.46. The Kier molecular flexibility index (Phi) is 4.66. The summed E-state index contributed by atoms with van der Waals surface area (Å²) in [5.74, 6) is -2.13. The third-order valence-electron chi connectivity index (χ3n) is 5.50. The number of carbonyl (C=O) groups is 2. The van der Waals surface area contributed by atoms with E-state index < -0.39 is 18.0 Å². The van der Waals surface area contributed by atoms with Crippen molar-refractivity contribution in [1.82, 2.24) is 15.2 Å². The Bertz CT molecular complexity index is 876. The van der Waals surface area contributed by atoms with E-state index in [0.29, 0.717) is 4.91 Å². The number of carboxylic acids is 1. The summed E-state index contributed by atoms with van der Waals surface area (Å²) in [6.45, 7) is 6.40. The van der Waals surface area contributed by atoms with Gasteiger partial charge in [0.1, 0.15) is 5.70 Å². The molecule has 7 nitrogen and oxygen atoms in total. The molecule has 3 aliphatic rings. The predicted octanol–water partition coefficient (Wildman–Crippen LogP) is 1.76. The molecule has 0 saturated carbocycles. The molecule has 1 aromatic rings. The van der Waals surface area contributed by atoms with Crippen LogP contribution in [0, 0.1) is 11.8 Å². The van der Waals surface area contributed by atoms with Gasteiger partial charge in [0.15, 0.2) is 4.34 Å². The zero-order valence-corrected chi connectivity index (χ0v) is 16.8. The molecule has 0 bridgehead atoms. The molecule has 1 amide bonds. The number of nitrogens with one attached hydrogen (secondary N) is 1. The molecule has 27 heavy (non-hydrogen) atoms. The van der Waals surface area contributed by atoms with Crippen molar-refractivity contribution in [1.29, 1.82) is 0 Å². The molecule has 0 spiro atoms. The van der Waals surface area contributed by atoms with Crippen LogP contribution < -0.4 is 5.32 Å². The normalized spacial score (nSPS) is 31.0. The first-order chi connectivity index (χ1) is 12.8. The summed E-state index contributed by atoms with van der Waals surface area (Å²) in [5.41, 5.74) is 2.09. The van der Waals surface area contributed by atoms with E-state index >= 15 is 0 Å². The molecule has 0 aliphatic carbocycles. The Labute approximate surface area is 165 Å². The van der Waals surface area contributed by atoms with Crippen molar-refractivity contribution in [3.05, 3.63) is 27.8 Å². The number of rotatable bonds is 5. The number of aliphatic carboxylic acids is 1. The third kappa shape index (κ3) is 2.84. The summed E-state index contributed by atoms with van der Waals surface area (Å²) in [5, 5.41) is 24.9. The SMILES string of the molecule is C[C@@H]1NCC=C1c1csc(SC2=C(C(=O)O)N3C(=O)[C@H]([C@@H](C)O)[C@H]3[C@H]2C)n1. The van der Waals surface area contributed by atoms with Gasteiger partial charge in [0.2, 0.25) is 5.91 Å². The first-order valence-corrected chi connectivity index (χ1v) is 10.6. The minimum Gasteiger partial charge on any atom is -0.477 e. The smallest absolute Gasteiger partial charge is 0.353 e. The van der Waals surface area contributed by atoms with Gasteiger partial charge in [-0.05, 0) is 19.4 Å². The molecule has 1 aromatic heterocycles. The van der Waals surface area contributed by atoms with E-state index in [1.807, 2.05) is 12.3 Å². The molecule has 1 fully saturated rings. The van der Waals surface area contributed by atoms with Crippen LogP contribution in [0.5, 0.6) is 0 Å². The van der Waals surface area contributed by atoms with Gasteiger partial charge in [-0.25, -0.2) is 9.78 Å². The van der Waals surface area contributed by atoms with Crippen molar-refractivity contribution in [2.24, 2.45) is 11.8 Å². The number of aliphatic hydroxyl groups is 1. The van der Waals surface area contributed by atoms with E-state index in [1.54, 1.807) is 6.92 Å². The van der Waals surface area contributed by atoms with E-state index in [0.717, 1.165) is 22.2 Å². The second kappa shape index (κ2) is 6.73. The van der Waals surface area contributed by atoms with Gasteiger partial charge in [0.05, 0.1) is 23.8 Å². The zero-order valence-electron chi connectivity index (χ0n) is 15.2. The van der Waals surface area contributed by atoms with Gasteiger partial charge in [-0.1, -0.05) is 24.8 Å². The summed E-state index contributed by atoms with van der Waals surface area (Å²) in [7, 11) is 0. The lowest BCUT2D eigenvalue weighted by atomic mass is 9.79. The summed E-state index contributed by atoms with van der Waals surface area (Å²) in [6.07, 6.45) is 1.32. The summed E-state index contributed by atoms with van der Waals surface area (Å²) < 4.78 is 0.758. The average Bonchev–Trinajstić information content (AvgIpc) is 3.27. The summed E-state index contributed by atoms with van der Waals surface area (Å²) in [6, 6.07) is -0.0529. The van der Waals surface area contributed by atoms with Crippen LogP contribution in [0.2, 0.25) is 0 Å². The molecule has 0 unspecified atom stereocenters. The van der Waals surface area contributed by atoms with Crippen LogP contribution in [-0.4, -0.2) is 56.7 Å². The minimum absolute atomic E-state index is 0.0336. The van der Waals surface area contributed by atoms with Crippen molar-refractivity contribution in [3.8, 4) is 0 Å². The van der Waals surface area contributed by atoms with Crippen molar-refractivity contribution in [2.75, 3.05) is 6.54 Å². The average molecular weight is 408 g/mol. The van der Waals surface area contributed by atoms with Crippen LogP contribution in [0.3, 0.4) is 0 Å². The standard InChI is InChI=1S/C18H21N3O4S2/c1-7-13-12(9(3)22)16(23)21(13)14(17(24)25)15(7)27-18-20-11(6-26-18)10-4-5-19-8(10)2/h4,6-9,12-13,19,22H,5H2,1-3H3,(H,24,25)/t7-,8+,9-,12-,13-/m1/s1. The van der Waals surface area contributed by atoms with Crippen molar-refractivity contribution < 1.29 is 19.8 Å². The number of thioether (sulfide) groups is 1. The Balaban J connectivity index is 1.62. The number of hydrogen-bond acceptors (Lipinski definition) is 7. The maximum atomic E-state index is 12.4. The molecule has 4 heterocycles. The molecule has 1 saturated heterocycles. The predicted molar refractivity (Wildman–Crippen MR) is 103 cm³/mol. The van der Waals surface area contributed by atoms with E-state index in [-0.39, 0.29) is 29.6 Å². The van der Waals surface area contributed by atoms with Crippen molar-refractivity contribution in [3.63, 3.8) is 0 Å². The number of amides is 1. The number of β-lactam (4-membered cyclic amide) rings is 1. The van der Waals surface area contributed by atoms with Crippen LogP contribution >= 0.6 is 23.1 Å². The zero-order chi connectivity index (χ0) is 19.5. The lowest BCUT2D eigenvalue weighted by Crippen LogP contribution is -2.63. The molecule has 4 rings (SSSR count). The number of nitrogens with zero attached hydrogens (tertiary/aromatic N) is 2. The molecule has 144 valence electrons. The van der Waals surface area contributed by atoms with Crippen LogP contribution in [-0.2, 0) is 9.59 Å². The Morgan fingerprint density at radius 2 is 2.22 bits per heavy atom. The first kappa shape index (κ1) is 18.7. The highest BCUT2D eigenvalue weighted by atomic mass is 32.2. The maximum Gasteiger partial charge on any atom is 0.353 e. The lowest BCUT2D eigenvalue weighted by molar-refractivity contribution is -0.163. The van der Waals surface area contributed by atoms with Gasteiger partial charge < -0.3 is 20.4 Å². The van der Waals surface area contributed by atoms with Gasteiger partial charge in [0, 0.05) is 28.8 Å². The van der Waals surface area contributed by atoms with Crippen LogP contribution in [0.25, 0.3) is 5.57 Å². The number of carboxylic acid groups (broad SMARTS) is 1. The fraction of sp³-hybridized carbons (Fsp3) is 0.500. The fourth-order valence-corrected chi connectivity index (χ4v) is 6.24. The number of aliphatic hydroxyl groups excluding tert-OH is 1. The highest BCUT2D eigenvalue weighted by molar-refractivity contribution is 8.04. The van der Waals surface area contributed by atoms with E-state index in [4.69, 9.17) is 0 Å². The highest BCUT2D eigenvalue weighted by Gasteiger charge is 2.60. The summed E-state index contributed by atoms with van der Waals surface area (Å²) in [4.78, 5) is 30.9. The fourth-order valence-electron chi connectivity index (χ4n) is 4.15. The Morgan fingerprint density at radius 1 is 1.48 bits per heavy atom. The molecule has 5 atom stereocenters. The van der Waals surface area contributed by atoms with E-state index in [2.05, 4.69) is 23.3 Å². The van der Waals surface area contributed by atoms with Crippen LogP contribution in [0.4, 0.5) is 0 Å². The molecule has 0 radical (unpaired) electrons. The number of hydrogen-bond donors (Lipinski definition) is 3. The van der Waals surface area contributed by atoms with E-state index in [9.17, 15) is 19.8 Å². The van der Waals surface area contributed by atoms with Gasteiger partial charge in [-0.15, -0.1) is 11.3 Å². The number of carbonyl (C=O) groups excluding carboxylic acids is 1. The van der Waals surface area contributed by atoms with Gasteiger partial charge in [-0.3, -0.25) is 4.79 Å².